The highest BCUT2D eigenvalue weighted by Crippen LogP contribution is 2.23. The number of carbonyl (C=O) groups is 2. The monoisotopic (exact) mass is 617 g/mol. The van der Waals surface area contributed by atoms with E-state index in [-0.39, 0.29) is 18.4 Å². The molecule has 1 unspecified atom stereocenters. The molecule has 6 rings (SSSR count). The van der Waals surface area contributed by atoms with Gasteiger partial charge in [0.25, 0.3) is 0 Å². The molecule has 0 spiro atoms. The summed E-state index contributed by atoms with van der Waals surface area (Å²) in [5.74, 6) is 1.25. The largest absolute Gasteiger partial charge is 0.497 e. The lowest BCUT2D eigenvalue weighted by molar-refractivity contribution is -0.144. The van der Waals surface area contributed by atoms with Gasteiger partial charge in [0.2, 0.25) is 11.8 Å². The van der Waals surface area contributed by atoms with Gasteiger partial charge in [-0.3, -0.25) is 14.6 Å². The van der Waals surface area contributed by atoms with E-state index in [9.17, 15) is 9.59 Å². The molecule has 4 aromatic rings. The molecule has 1 saturated heterocycles. The van der Waals surface area contributed by atoms with Crippen LogP contribution in [0.15, 0.2) is 97.3 Å². The van der Waals surface area contributed by atoms with Crippen LogP contribution in [0.4, 0.5) is 5.82 Å². The van der Waals surface area contributed by atoms with Gasteiger partial charge < -0.3 is 24.2 Å². The van der Waals surface area contributed by atoms with E-state index >= 15 is 0 Å². The van der Waals surface area contributed by atoms with Gasteiger partial charge in [0.1, 0.15) is 17.6 Å². The lowest BCUT2D eigenvalue weighted by atomic mass is 9.98. The van der Waals surface area contributed by atoms with Gasteiger partial charge in [-0.05, 0) is 65.1 Å². The molecule has 2 aromatic carbocycles. The van der Waals surface area contributed by atoms with E-state index in [1.54, 1.807) is 36.6 Å². The number of benzene rings is 2. The first kappa shape index (κ1) is 31.0. The first-order valence-electron chi connectivity index (χ1n) is 15.7. The van der Waals surface area contributed by atoms with Gasteiger partial charge in [-0.2, -0.15) is 0 Å². The molecular weight excluding hydrogens is 578 g/mol. The molecule has 2 aliphatic heterocycles. The van der Waals surface area contributed by atoms with E-state index in [1.807, 2.05) is 71.6 Å². The van der Waals surface area contributed by atoms with Gasteiger partial charge >= 0.3 is 0 Å². The summed E-state index contributed by atoms with van der Waals surface area (Å²) in [7, 11) is 1.62. The minimum atomic E-state index is -0.771. The van der Waals surface area contributed by atoms with E-state index in [0.717, 1.165) is 53.5 Å². The standard InChI is InChI=1S/C37H39N5O4/c1-45-33-13-9-28(10-14-33)12-16-36(43)42(26-29-11-15-35(39-25-29)40-20-22-46-23-21-40)34(24-32-8-4-5-18-38-32)37(44)41-19-17-30-6-2-3-7-31(30)27-41/h2-16,18,25,34H,17,19-24,26-27H2,1H3. The number of anilines is 1. The van der Waals surface area contributed by atoms with Crippen LogP contribution in [0.2, 0.25) is 0 Å². The van der Waals surface area contributed by atoms with E-state index in [2.05, 4.69) is 22.0 Å². The summed E-state index contributed by atoms with van der Waals surface area (Å²) in [6.45, 7) is 4.23. The van der Waals surface area contributed by atoms with Crippen LogP contribution in [0, 0.1) is 0 Å². The highest BCUT2D eigenvalue weighted by atomic mass is 16.5. The molecule has 46 heavy (non-hydrogen) atoms. The van der Waals surface area contributed by atoms with Crippen molar-refractivity contribution in [1.82, 2.24) is 19.8 Å². The molecule has 9 nitrogen and oxygen atoms in total. The van der Waals surface area contributed by atoms with Crippen LogP contribution in [-0.4, -0.2) is 77.6 Å². The Morgan fingerprint density at radius 3 is 2.43 bits per heavy atom. The molecule has 0 radical (unpaired) electrons. The molecule has 0 N–H and O–H groups in total. The summed E-state index contributed by atoms with van der Waals surface area (Å²) in [5.41, 5.74) is 4.83. The maximum Gasteiger partial charge on any atom is 0.247 e. The number of pyridine rings is 2. The van der Waals surface area contributed by atoms with Crippen LogP contribution >= 0.6 is 0 Å². The number of methoxy groups -OCH3 is 1. The summed E-state index contributed by atoms with van der Waals surface area (Å²) < 4.78 is 10.8. The minimum Gasteiger partial charge on any atom is -0.497 e. The molecule has 0 aliphatic carbocycles. The smallest absolute Gasteiger partial charge is 0.247 e. The van der Waals surface area contributed by atoms with Gasteiger partial charge in [0.15, 0.2) is 0 Å². The molecule has 1 fully saturated rings. The second kappa shape index (κ2) is 14.8. The minimum absolute atomic E-state index is 0.0933. The van der Waals surface area contributed by atoms with Gasteiger partial charge in [-0.15, -0.1) is 0 Å². The summed E-state index contributed by atoms with van der Waals surface area (Å²) >= 11 is 0. The van der Waals surface area contributed by atoms with Crippen LogP contribution in [0.25, 0.3) is 6.08 Å². The fourth-order valence-corrected chi connectivity index (χ4v) is 5.95. The second-order valence-corrected chi connectivity index (χ2v) is 11.5. The average Bonchev–Trinajstić information content (AvgIpc) is 3.13. The number of morpholine rings is 1. The molecule has 2 aliphatic rings. The first-order chi connectivity index (χ1) is 22.6. The van der Waals surface area contributed by atoms with Crippen LogP contribution in [0.1, 0.15) is 27.9 Å². The number of fused-ring (bicyclic) bond motifs is 1. The molecule has 236 valence electrons. The van der Waals surface area contributed by atoms with Crippen molar-refractivity contribution < 1.29 is 19.1 Å². The molecule has 4 heterocycles. The third-order valence-corrected chi connectivity index (χ3v) is 8.55. The predicted molar refractivity (Wildman–Crippen MR) is 177 cm³/mol. The van der Waals surface area contributed by atoms with E-state index < -0.39 is 6.04 Å². The number of rotatable bonds is 10. The third-order valence-electron chi connectivity index (χ3n) is 8.55. The van der Waals surface area contributed by atoms with Crippen LogP contribution in [-0.2, 0) is 40.3 Å². The maximum atomic E-state index is 14.5. The Hall–Kier alpha value is -5.02. The van der Waals surface area contributed by atoms with Gasteiger partial charge in [-0.25, -0.2) is 4.98 Å². The number of ether oxygens (including phenoxy) is 2. The van der Waals surface area contributed by atoms with E-state index in [1.165, 1.54) is 5.56 Å². The fourth-order valence-electron chi connectivity index (χ4n) is 5.95. The third kappa shape index (κ3) is 7.61. The predicted octanol–water partition coefficient (Wildman–Crippen LogP) is 4.56. The van der Waals surface area contributed by atoms with Crippen LogP contribution < -0.4 is 9.64 Å². The zero-order valence-corrected chi connectivity index (χ0v) is 26.1. The lowest BCUT2D eigenvalue weighted by Crippen LogP contribution is -2.52. The molecular formula is C37H39N5O4. The van der Waals surface area contributed by atoms with Crippen molar-refractivity contribution in [2.24, 2.45) is 0 Å². The lowest BCUT2D eigenvalue weighted by Gasteiger charge is -2.36. The van der Waals surface area contributed by atoms with Crippen molar-refractivity contribution in [3.8, 4) is 5.75 Å². The Bertz CT molecular complexity index is 1640. The quantitative estimate of drug-likeness (QED) is 0.241. The normalized spacial score (nSPS) is 15.3. The Kier molecular flexibility index (Phi) is 10.00. The van der Waals surface area contributed by atoms with Crippen LogP contribution in [0.3, 0.4) is 0 Å². The zero-order valence-electron chi connectivity index (χ0n) is 26.1. The highest BCUT2D eigenvalue weighted by Gasteiger charge is 2.34. The van der Waals surface area contributed by atoms with Gasteiger partial charge in [0, 0.05) is 63.3 Å². The fraction of sp³-hybridized carbons (Fsp3) is 0.297. The van der Waals surface area contributed by atoms with E-state index in [4.69, 9.17) is 14.5 Å². The van der Waals surface area contributed by atoms with Gasteiger partial charge in [-0.1, -0.05) is 48.5 Å². The summed E-state index contributed by atoms with van der Waals surface area (Å²) in [5, 5.41) is 0. The number of carbonyl (C=O) groups excluding carboxylic acids is 2. The molecule has 0 saturated carbocycles. The summed E-state index contributed by atoms with van der Waals surface area (Å²) in [4.78, 5) is 43.6. The van der Waals surface area contributed by atoms with Crippen molar-refractivity contribution in [3.05, 3.63) is 125 Å². The maximum absolute atomic E-state index is 14.5. The van der Waals surface area contributed by atoms with Crippen molar-refractivity contribution in [1.29, 1.82) is 0 Å². The summed E-state index contributed by atoms with van der Waals surface area (Å²) in [6, 6.07) is 24.6. The van der Waals surface area contributed by atoms with Gasteiger partial charge in [0.05, 0.1) is 20.3 Å². The zero-order chi connectivity index (χ0) is 31.7. The Morgan fingerprint density at radius 2 is 1.72 bits per heavy atom. The second-order valence-electron chi connectivity index (χ2n) is 11.5. The molecule has 2 aromatic heterocycles. The average molecular weight is 618 g/mol. The number of hydrogen-bond acceptors (Lipinski definition) is 7. The SMILES string of the molecule is COc1ccc(C=CC(=O)N(Cc2ccc(N3CCOCC3)nc2)C(Cc2ccccn2)C(=O)N2CCc3ccccc3C2)cc1. The van der Waals surface area contributed by atoms with Crippen molar-refractivity contribution in [2.45, 2.75) is 32.0 Å². The van der Waals surface area contributed by atoms with Crippen molar-refractivity contribution >= 4 is 23.7 Å². The summed E-state index contributed by atoms with van der Waals surface area (Å²) in [6.07, 6.45) is 7.90. The number of hydrogen-bond donors (Lipinski definition) is 0. The number of amides is 2. The number of aromatic nitrogens is 2. The van der Waals surface area contributed by atoms with Crippen molar-refractivity contribution in [2.75, 3.05) is 44.9 Å². The topological polar surface area (TPSA) is 88.1 Å². The van der Waals surface area contributed by atoms with Crippen molar-refractivity contribution in [3.63, 3.8) is 0 Å². The highest BCUT2D eigenvalue weighted by molar-refractivity contribution is 5.95. The Labute approximate surface area is 270 Å². The molecule has 2 amide bonds. The number of nitrogens with zero attached hydrogens (tertiary/aromatic N) is 5. The molecule has 9 heteroatoms. The molecule has 0 bridgehead atoms. The Morgan fingerprint density at radius 1 is 0.935 bits per heavy atom. The molecule has 1 atom stereocenters. The van der Waals surface area contributed by atoms with Crippen LogP contribution in [0.5, 0.6) is 5.75 Å². The first-order valence-corrected chi connectivity index (χ1v) is 15.7. The van der Waals surface area contributed by atoms with E-state index in [0.29, 0.717) is 32.7 Å². The Balaban J connectivity index is 1.32.